The Morgan fingerprint density at radius 2 is 2.20 bits per heavy atom. The van der Waals surface area contributed by atoms with Gasteiger partial charge in [-0.1, -0.05) is 19.1 Å². The van der Waals surface area contributed by atoms with Crippen LogP contribution in [0.3, 0.4) is 0 Å². The largest absolute Gasteiger partial charge is 0.493 e. The van der Waals surface area contributed by atoms with Crippen LogP contribution in [-0.4, -0.2) is 36.9 Å². The van der Waals surface area contributed by atoms with E-state index in [1.54, 1.807) is 14.0 Å². The zero-order valence-corrected chi connectivity index (χ0v) is 12.3. The van der Waals surface area contributed by atoms with Crippen LogP contribution in [0.4, 0.5) is 0 Å². The SMILES string of the molecule is CCNC(C)(CCOc1cccc(COC)c1)C(=O)O. The van der Waals surface area contributed by atoms with Crippen LogP contribution in [0.2, 0.25) is 0 Å². The Labute approximate surface area is 119 Å². The van der Waals surface area contributed by atoms with Crippen molar-refractivity contribution in [3.8, 4) is 5.75 Å². The Morgan fingerprint density at radius 3 is 2.80 bits per heavy atom. The summed E-state index contributed by atoms with van der Waals surface area (Å²) in [5.41, 5.74) is 0.0662. The van der Waals surface area contributed by atoms with Crippen molar-refractivity contribution in [1.29, 1.82) is 0 Å². The summed E-state index contributed by atoms with van der Waals surface area (Å²) in [6.45, 7) is 5.03. The second kappa shape index (κ2) is 7.87. The second-order valence-corrected chi connectivity index (χ2v) is 4.85. The van der Waals surface area contributed by atoms with Crippen LogP contribution in [0.5, 0.6) is 5.75 Å². The molecule has 0 spiro atoms. The van der Waals surface area contributed by atoms with E-state index in [0.717, 1.165) is 11.3 Å². The monoisotopic (exact) mass is 281 g/mol. The van der Waals surface area contributed by atoms with Crippen LogP contribution in [0.1, 0.15) is 25.8 Å². The lowest BCUT2D eigenvalue weighted by Crippen LogP contribution is -2.50. The summed E-state index contributed by atoms with van der Waals surface area (Å²) in [6.07, 6.45) is 0.394. The van der Waals surface area contributed by atoms with Gasteiger partial charge in [0.25, 0.3) is 0 Å². The molecule has 5 heteroatoms. The summed E-state index contributed by atoms with van der Waals surface area (Å²) in [5, 5.41) is 12.2. The number of likely N-dealkylation sites (N-methyl/N-ethyl adjacent to an activating group) is 1. The predicted octanol–water partition coefficient (Wildman–Crippen LogP) is 2.05. The van der Waals surface area contributed by atoms with Crippen molar-refractivity contribution in [3.05, 3.63) is 29.8 Å². The number of benzene rings is 1. The highest BCUT2D eigenvalue weighted by atomic mass is 16.5. The topological polar surface area (TPSA) is 67.8 Å². The molecule has 0 saturated heterocycles. The molecule has 0 aliphatic rings. The molecule has 20 heavy (non-hydrogen) atoms. The number of carboxylic acids is 1. The first kappa shape index (κ1) is 16.5. The molecule has 1 aromatic rings. The van der Waals surface area contributed by atoms with Crippen molar-refractivity contribution in [1.82, 2.24) is 5.32 Å². The fourth-order valence-electron chi connectivity index (χ4n) is 1.93. The molecule has 1 aromatic carbocycles. The fraction of sp³-hybridized carbons (Fsp3) is 0.533. The van der Waals surface area contributed by atoms with E-state index in [1.807, 2.05) is 31.2 Å². The smallest absolute Gasteiger partial charge is 0.323 e. The molecule has 0 bridgehead atoms. The van der Waals surface area contributed by atoms with E-state index in [1.165, 1.54) is 0 Å². The van der Waals surface area contributed by atoms with E-state index in [-0.39, 0.29) is 0 Å². The predicted molar refractivity (Wildman–Crippen MR) is 77.0 cm³/mol. The number of rotatable bonds is 9. The maximum absolute atomic E-state index is 11.3. The third-order valence-electron chi connectivity index (χ3n) is 3.12. The Morgan fingerprint density at radius 1 is 1.45 bits per heavy atom. The van der Waals surface area contributed by atoms with Crippen LogP contribution in [0.15, 0.2) is 24.3 Å². The first-order valence-corrected chi connectivity index (χ1v) is 6.71. The van der Waals surface area contributed by atoms with E-state index in [9.17, 15) is 9.90 Å². The Hall–Kier alpha value is -1.59. The van der Waals surface area contributed by atoms with Crippen LogP contribution < -0.4 is 10.1 Å². The number of hydrogen-bond acceptors (Lipinski definition) is 4. The van der Waals surface area contributed by atoms with E-state index in [0.29, 0.717) is 26.2 Å². The van der Waals surface area contributed by atoms with Gasteiger partial charge in [0.15, 0.2) is 0 Å². The summed E-state index contributed by atoms with van der Waals surface area (Å²) in [6, 6.07) is 7.60. The highest BCUT2D eigenvalue weighted by molar-refractivity contribution is 5.78. The summed E-state index contributed by atoms with van der Waals surface area (Å²) < 4.78 is 10.7. The van der Waals surface area contributed by atoms with Gasteiger partial charge in [0.1, 0.15) is 11.3 Å². The third kappa shape index (κ3) is 4.83. The number of ether oxygens (including phenoxy) is 2. The van der Waals surface area contributed by atoms with Gasteiger partial charge in [-0.15, -0.1) is 0 Å². The van der Waals surface area contributed by atoms with E-state index < -0.39 is 11.5 Å². The fourth-order valence-corrected chi connectivity index (χ4v) is 1.93. The molecule has 2 N–H and O–H groups in total. The van der Waals surface area contributed by atoms with Gasteiger partial charge in [-0.3, -0.25) is 4.79 Å². The van der Waals surface area contributed by atoms with Crippen LogP contribution in [0.25, 0.3) is 0 Å². The average molecular weight is 281 g/mol. The highest BCUT2D eigenvalue weighted by Gasteiger charge is 2.31. The van der Waals surface area contributed by atoms with Gasteiger partial charge in [0.2, 0.25) is 0 Å². The molecule has 0 aromatic heterocycles. The molecule has 5 nitrogen and oxygen atoms in total. The number of methoxy groups -OCH3 is 1. The third-order valence-corrected chi connectivity index (χ3v) is 3.12. The van der Waals surface area contributed by atoms with Crippen molar-refractivity contribution in [2.24, 2.45) is 0 Å². The van der Waals surface area contributed by atoms with Gasteiger partial charge in [0, 0.05) is 13.5 Å². The van der Waals surface area contributed by atoms with Crippen molar-refractivity contribution in [2.45, 2.75) is 32.4 Å². The Bertz CT molecular complexity index is 436. The van der Waals surface area contributed by atoms with Gasteiger partial charge in [-0.2, -0.15) is 0 Å². The van der Waals surface area contributed by atoms with Crippen LogP contribution >= 0.6 is 0 Å². The Balaban J connectivity index is 2.54. The van der Waals surface area contributed by atoms with Gasteiger partial charge in [0.05, 0.1) is 13.2 Å². The quantitative estimate of drug-likeness (QED) is 0.725. The minimum absolute atomic E-state index is 0.340. The zero-order chi connectivity index (χ0) is 15.0. The van der Waals surface area contributed by atoms with Gasteiger partial charge in [-0.05, 0) is 31.2 Å². The van der Waals surface area contributed by atoms with Gasteiger partial charge in [-0.25, -0.2) is 0 Å². The molecule has 0 aliphatic heterocycles. The molecule has 0 aliphatic carbocycles. The van der Waals surface area contributed by atoms with Crippen molar-refractivity contribution < 1.29 is 19.4 Å². The van der Waals surface area contributed by atoms with E-state index in [2.05, 4.69) is 5.32 Å². The molecule has 0 saturated carbocycles. The molecular weight excluding hydrogens is 258 g/mol. The normalized spacial score (nSPS) is 13.8. The maximum atomic E-state index is 11.3. The number of hydrogen-bond donors (Lipinski definition) is 2. The molecule has 0 amide bonds. The molecule has 1 rings (SSSR count). The molecule has 0 radical (unpaired) electrons. The summed E-state index contributed by atoms with van der Waals surface area (Å²) in [4.78, 5) is 11.3. The average Bonchev–Trinajstić information content (AvgIpc) is 2.39. The standard InChI is InChI=1S/C15H23NO4/c1-4-16-15(2,14(17)18)8-9-20-13-7-5-6-12(10-13)11-19-3/h5-7,10,16H,4,8-9,11H2,1-3H3,(H,17,18). The lowest BCUT2D eigenvalue weighted by Gasteiger charge is -2.25. The minimum atomic E-state index is -0.959. The van der Waals surface area contributed by atoms with Crippen LogP contribution in [-0.2, 0) is 16.1 Å². The highest BCUT2D eigenvalue weighted by Crippen LogP contribution is 2.16. The van der Waals surface area contributed by atoms with Crippen molar-refractivity contribution in [3.63, 3.8) is 0 Å². The van der Waals surface area contributed by atoms with Crippen molar-refractivity contribution in [2.75, 3.05) is 20.3 Å². The number of carbonyl (C=O) groups is 1. The zero-order valence-electron chi connectivity index (χ0n) is 12.3. The molecule has 112 valence electrons. The minimum Gasteiger partial charge on any atom is -0.493 e. The first-order chi connectivity index (χ1) is 9.51. The number of nitrogens with one attached hydrogen (secondary N) is 1. The molecule has 0 heterocycles. The molecular formula is C15H23NO4. The second-order valence-electron chi connectivity index (χ2n) is 4.85. The first-order valence-electron chi connectivity index (χ1n) is 6.71. The Kier molecular flexibility index (Phi) is 6.48. The molecule has 1 atom stereocenters. The molecule has 1 unspecified atom stereocenters. The summed E-state index contributed by atoms with van der Waals surface area (Å²) >= 11 is 0. The lowest BCUT2D eigenvalue weighted by atomic mass is 9.98. The maximum Gasteiger partial charge on any atom is 0.323 e. The summed E-state index contributed by atoms with van der Waals surface area (Å²) in [5.74, 6) is -0.139. The summed E-state index contributed by atoms with van der Waals surface area (Å²) in [7, 11) is 1.64. The van der Waals surface area contributed by atoms with Crippen LogP contribution in [0, 0.1) is 0 Å². The lowest BCUT2D eigenvalue weighted by molar-refractivity contribution is -0.144. The number of carboxylic acid groups (broad SMARTS) is 1. The van der Waals surface area contributed by atoms with E-state index >= 15 is 0 Å². The van der Waals surface area contributed by atoms with Gasteiger partial charge < -0.3 is 19.9 Å². The molecule has 0 fully saturated rings. The van der Waals surface area contributed by atoms with Gasteiger partial charge >= 0.3 is 5.97 Å². The van der Waals surface area contributed by atoms with E-state index in [4.69, 9.17) is 9.47 Å². The number of aliphatic carboxylic acids is 1. The van der Waals surface area contributed by atoms with Crippen molar-refractivity contribution >= 4 is 5.97 Å².